The van der Waals surface area contributed by atoms with Crippen molar-refractivity contribution in [2.45, 2.75) is 17.7 Å². The van der Waals surface area contributed by atoms with Gasteiger partial charge in [-0.25, -0.2) is 13.2 Å². The Morgan fingerprint density at radius 1 is 1.06 bits per heavy atom. The molecule has 1 amide bonds. The largest absolute Gasteiger partial charge is 0.497 e. The minimum absolute atomic E-state index is 0.00495. The highest BCUT2D eigenvalue weighted by molar-refractivity contribution is 7.89. The number of hydrogen-bond donors (Lipinski definition) is 0. The van der Waals surface area contributed by atoms with Crippen LogP contribution in [0.5, 0.6) is 5.75 Å². The van der Waals surface area contributed by atoms with Crippen molar-refractivity contribution in [2.75, 3.05) is 33.3 Å². The number of carbonyl (C=O) groups is 1. The van der Waals surface area contributed by atoms with Crippen LogP contribution in [0.25, 0.3) is 11.1 Å². The van der Waals surface area contributed by atoms with Gasteiger partial charge in [0, 0.05) is 45.7 Å². The second-order valence-electron chi connectivity index (χ2n) is 7.69. The van der Waals surface area contributed by atoms with Crippen molar-refractivity contribution in [1.82, 2.24) is 13.8 Å². The van der Waals surface area contributed by atoms with E-state index in [0.29, 0.717) is 31.4 Å². The summed E-state index contributed by atoms with van der Waals surface area (Å²) in [5.74, 6) is 0.229. The van der Waals surface area contributed by atoms with Crippen molar-refractivity contribution in [3.05, 3.63) is 58.6 Å². The molecule has 1 aliphatic heterocycles. The van der Waals surface area contributed by atoms with Crippen molar-refractivity contribution in [3.63, 3.8) is 0 Å². The summed E-state index contributed by atoms with van der Waals surface area (Å²) in [6.45, 7) is 1.10. The fourth-order valence-electron chi connectivity index (χ4n) is 3.80. The second-order valence-corrected chi connectivity index (χ2v) is 9.63. The van der Waals surface area contributed by atoms with E-state index in [1.165, 1.54) is 21.0 Å². The van der Waals surface area contributed by atoms with Gasteiger partial charge in [0.25, 0.3) is 0 Å². The third-order valence-corrected chi connectivity index (χ3v) is 7.67. The first-order chi connectivity index (χ1) is 15.3. The summed E-state index contributed by atoms with van der Waals surface area (Å²) >= 11 is 0. The molecule has 0 bridgehead atoms. The fraction of sp³-hybridized carbons (Fsp3) is 0.364. The van der Waals surface area contributed by atoms with Crippen LogP contribution in [-0.2, 0) is 28.3 Å². The molecule has 0 unspecified atom stereocenters. The number of carbonyl (C=O) groups excluding carboxylic acids is 1. The molecule has 0 atom stereocenters. The van der Waals surface area contributed by atoms with Gasteiger partial charge in [0.2, 0.25) is 15.9 Å². The second kappa shape index (κ2) is 8.79. The Bertz CT molecular complexity index is 1290. The number of ether oxygens (including phenoxy) is 1. The first-order valence-electron chi connectivity index (χ1n) is 10.3. The Morgan fingerprint density at radius 3 is 2.41 bits per heavy atom. The maximum Gasteiger partial charge on any atom is 0.419 e. The van der Waals surface area contributed by atoms with E-state index >= 15 is 0 Å². The summed E-state index contributed by atoms with van der Waals surface area (Å²) in [5.41, 5.74) is 1.80. The van der Waals surface area contributed by atoms with Gasteiger partial charge in [-0.1, -0.05) is 12.1 Å². The zero-order valence-corrected chi connectivity index (χ0v) is 18.8. The maximum atomic E-state index is 13.0. The van der Waals surface area contributed by atoms with E-state index in [1.807, 2.05) is 24.3 Å². The number of benzene rings is 2. The molecule has 1 saturated heterocycles. The molecule has 0 saturated carbocycles. The molecule has 0 spiro atoms. The van der Waals surface area contributed by atoms with Crippen LogP contribution in [0.2, 0.25) is 0 Å². The van der Waals surface area contributed by atoms with Crippen molar-refractivity contribution >= 4 is 27.0 Å². The molecule has 1 fully saturated rings. The summed E-state index contributed by atoms with van der Waals surface area (Å²) in [6, 6.07) is 12.0. The third-order valence-electron chi connectivity index (χ3n) is 5.78. The summed E-state index contributed by atoms with van der Waals surface area (Å²) < 4.78 is 39.0. The summed E-state index contributed by atoms with van der Waals surface area (Å²) in [4.78, 5) is 26.0. The van der Waals surface area contributed by atoms with Crippen LogP contribution >= 0.6 is 0 Å². The van der Waals surface area contributed by atoms with Gasteiger partial charge in [0.05, 0.1) is 17.5 Å². The molecule has 32 heavy (non-hydrogen) atoms. The molecule has 170 valence electrons. The van der Waals surface area contributed by atoms with Gasteiger partial charge in [-0.05, 0) is 36.2 Å². The van der Waals surface area contributed by atoms with Gasteiger partial charge >= 0.3 is 5.76 Å². The van der Waals surface area contributed by atoms with E-state index in [4.69, 9.17) is 9.15 Å². The summed E-state index contributed by atoms with van der Waals surface area (Å²) in [6.07, 6.45) is 0.979. The quantitative estimate of drug-likeness (QED) is 0.555. The Balaban J connectivity index is 1.36. The lowest BCUT2D eigenvalue weighted by Gasteiger charge is -2.34. The van der Waals surface area contributed by atoms with Crippen molar-refractivity contribution < 1.29 is 22.4 Å². The lowest BCUT2D eigenvalue weighted by molar-refractivity contribution is -0.132. The lowest BCUT2D eigenvalue weighted by atomic mass is 10.1. The Labute approximate surface area is 185 Å². The molecule has 1 aromatic heterocycles. The zero-order valence-electron chi connectivity index (χ0n) is 18.0. The highest BCUT2D eigenvalue weighted by Gasteiger charge is 2.30. The van der Waals surface area contributed by atoms with Gasteiger partial charge in [-0.3, -0.25) is 9.36 Å². The number of amides is 1. The molecule has 2 aromatic carbocycles. The molecule has 2 heterocycles. The van der Waals surface area contributed by atoms with Gasteiger partial charge < -0.3 is 14.1 Å². The molecule has 4 rings (SSSR count). The first kappa shape index (κ1) is 22.1. The number of piperazine rings is 1. The average molecular weight is 460 g/mol. The van der Waals surface area contributed by atoms with Crippen LogP contribution < -0.4 is 10.5 Å². The number of aromatic nitrogens is 1. The smallest absolute Gasteiger partial charge is 0.419 e. The number of fused-ring (bicyclic) bond motifs is 1. The van der Waals surface area contributed by atoms with E-state index in [9.17, 15) is 18.0 Å². The van der Waals surface area contributed by atoms with E-state index in [-0.39, 0.29) is 29.5 Å². The molecule has 10 heteroatoms. The van der Waals surface area contributed by atoms with E-state index in [1.54, 1.807) is 25.1 Å². The molecule has 0 N–H and O–H groups in total. The highest BCUT2D eigenvalue weighted by atomic mass is 32.2. The molecule has 1 aliphatic rings. The monoisotopic (exact) mass is 459 g/mol. The molecule has 0 radical (unpaired) electrons. The number of hydrogen-bond acceptors (Lipinski definition) is 6. The maximum absolute atomic E-state index is 13.0. The summed E-state index contributed by atoms with van der Waals surface area (Å²) in [7, 11) is -0.586. The standard InChI is InChI=1S/C22H25N3O6S/c1-23-19-9-8-18(15-20(19)31-22(23)27)32(28,29)25-13-11-24(12-14-25)21(26)10-5-16-3-6-17(30-2)7-4-16/h3-4,6-9,15H,5,10-14H2,1-2H3. The normalized spacial score (nSPS) is 15.2. The van der Waals surface area contributed by atoms with Gasteiger partial charge in [0.1, 0.15) is 5.75 Å². The van der Waals surface area contributed by atoms with Gasteiger partial charge in [-0.2, -0.15) is 4.31 Å². The number of oxazole rings is 1. The number of sulfonamides is 1. The van der Waals surface area contributed by atoms with E-state index in [2.05, 4.69) is 0 Å². The molecule has 0 aliphatic carbocycles. The van der Waals surface area contributed by atoms with E-state index < -0.39 is 15.8 Å². The average Bonchev–Trinajstić information content (AvgIpc) is 3.10. The van der Waals surface area contributed by atoms with Crippen LogP contribution in [0.3, 0.4) is 0 Å². The van der Waals surface area contributed by atoms with Crippen LogP contribution in [0.15, 0.2) is 56.6 Å². The fourth-order valence-corrected chi connectivity index (χ4v) is 5.24. The van der Waals surface area contributed by atoms with Crippen molar-refractivity contribution in [2.24, 2.45) is 7.05 Å². The van der Waals surface area contributed by atoms with Gasteiger partial charge in [0.15, 0.2) is 5.58 Å². The third kappa shape index (κ3) is 4.28. The number of nitrogens with zero attached hydrogens (tertiary/aromatic N) is 3. The molecular weight excluding hydrogens is 434 g/mol. The van der Waals surface area contributed by atoms with Crippen molar-refractivity contribution in [1.29, 1.82) is 0 Å². The zero-order chi connectivity index (χ0) is 22.9. The number of rotatable bonds is 6. The predicted molar refractivity (Wildman–Crippen MR) is 118 cm³/mol. The summed E-state index contributed by atoms with van der Waals surface area (Å²) in [5, 5.41) is 0. The Morgan fingerprint density at radius 2 is 1.75 bits per heavy atom. The first-order valence-corrected chi connectivity index (χ1v) is 11.7. The van der Waals surface area contributed by atoms with Crippen LogP contribution in [-0.4, -0.2) is 61.4 Å². The Kier molecular flexibility index (Phi) is 6.07. The Hall–Kier alpha value is -3.11. The van der Waals surface area contributed by atoms with Crippen LogP contribution in [0.4, 0.5) is 0 Å². The van der Waals surface area contributed by atoms with Crippen LogP contribution in [0.1, 0.15) is 12.0 Å². The minimum Gasteiger partial charge on any atom is -0.497 e. The van der Waals surface area contributed by atoms with E-state index in [0.717, 1.165) is 11.3 Å². The lowest BCUT2D eigenvalue weighted by Crippen LogP contribution is -2.50. The SMILES string of the molecule is COc1ccc(CCC(=O)N2CCN(S(=O)(=O)c3ccc4c(c3)oc(=O)n4C)CC2)cc1. The number of aryl methyl sites for hydroxylation is 2. The van der Waals surface area contributed by atoms with Gasteiger partial charge in [-0.15, -0.1) is 0 Å². The molecular formula is C22H25N3O6S. The molecule has 9 nitrogen and oxygen atoms in total. The molecule has 3 aromatic rings. The topological polar surface area (TPSA) is 102 Å². The highest BCUT2D eigenvalue weighted by Crippen LogP contribution is 2.22. The van der Waals surface area contributed by atoms with Crippen LogP contribution in [0, 0.1) is 0 Å². The number of methoxy groups -OCH3 is 1. The van der Waals surface area contributed by atoms with Crippen molar-refractivity contribution in [3.8, 4) is 5.75 Å². The minimum atomic E-state index is -3.76. The predicted octanol–water partition coefficient (Wildman–Crippen LogP) is 1.61.